The molecule has 2 aromatic heterocycles. The van der Waals surface area contributed by atoms with Crippen molar-refractivity contribution in [1.29, 1.82) is 0 Å². The van der Waals surface area contributed by atoms with E-state index in [4.69, 9.17) is 9.88 Å². The third-order valence-corrected chi connectivity index (χ3v) is 7.66. The van der Waals surface area contributed by atoms with Gasteiger partial charge in [0.05, 0.1) is 16.5 Å². The lowest BCUT2D eigenvalue weighted by atomic mass is 9.85. The summed E-state index contributed by atoms with van der Waals surface area (Å²) in [6.07, 6.45) is 6.89. The van der Waals surface area contributed by atoms with Gasteiger partial charge in [0, 0.05) is 31.5 Å². The molecular weight excluding hydrogens is 494 g/mol. The Hall–Kier alpha value is -3.25. The summed E-state index contributed by atoms with van der Waals surface area (Å²) in [5.74, 6) is 0.744. The van der Waals surface area contributed by atoms with E-state index in [-0.39, 0.29) is 17.0 Å². The van der Waals surface area contributed by atoms with Crippen molar-refractivity contribution in [3.8, 4) is 0 Å². The van der Waals surface area contributed by atoms with Crippen LogP contribution in [-0.4, -0.2) is 57.8 Å². The third-order valence-electron chi connectivity index (χ3n) is 6.60. The van der Waals surface area contributed by atoms with Gasteiger partial charge in [0.1, 0.15) is 5.60 Å². The molecule has 3 N–H and O–H groups in total. The Labute approximate surface area is 217 Å². The summed E-state index contributed by atoms with van der Waals surface area (Å²) in [4.78, 5) is 23.2. The number of sulfonamides is 1. The van der Waals surface area contributed by atoms with Gasteiger partial charge in [-0.3, -0.25) is 0 Å². The predicted octanol–water partition coefficient (Wildman–Crippen LogP) is 3.95. The number of fused-ring (bicyclic) bond motifs is 1. The lowest BCUT2D eigenvalue weighted by Crippen LogP contribution is -2.42. The number of carbonyl (C=O) groups is 1. The third kappa shape index (κ3) is 6.55. The quantitative estimate of drug-likeness (QED) is 0.488. The number of aryl methyl sites for hydroxylation is 1. The van der Waals surface area contributed by atoms with Crippen LogP contribution in [0.2, 0.25) is 0 Å². The van der Waals surface area contributed by atoms with Crippen LogP contribution in [0.4, 0.5) is 16.4 Å². The summed E-state index contributed by atoms with van der Waals surface area (Å²) in [5.41, 5.74) is 1.27. The largest absolute Gasteiger partial charge is 0.444 e. The molecule has 0 radical (unpaired) electrons. The van der Waals surface area contributed by atoms with Crippen LogP contribution in [0.3, 0.4) is 0 Å². The minimum absolute atomic E-state index is 0.0523. The molecule has 0 bridgehead atoms. The Morgan fingerprint density at radius 1 is 1.22 bits per heavy atom. The normalized spacial score (nSPS) is 18.5. The van der Waals surface area contributed by atoms with Gasteiger partial charge < -0.3 is 15.0 Å². The summed E-state index contributed by atoms with van der Waals surface area (Å²) in [7, 11) is -2.03. The molecule has 0 unspecified atom stereocenters. The van der Waals surface area contributed by atoms with Gasteiger partial charge in [0.15, 0.2) is 5.65 Å². The molecule has 1 aromatic carbocycles. The molecule has 1 aliphatic rings. The molecule has 0 aliphatic heterocycles. The highest BCUT2D eigenvalue weighted by atomic mass is 32.2. The minimum Gasteiger partial charge on any atom is -0.444 e. The second-order valence-electron chi connectivity index (χ2n) is 10.7. The van der Waals surface area contributed by atoms with Gasteiger partial charge in [-0.05, 0) is 77.0 Å². The molecule has 12 heteroatoms. The first-order valence-corrected chi connectivity index (χ1v) is 13.9. The number of benzene rings is 1. The number of amides is 1. The molecule has 0 atom stereocenters. The molecule has 11 nitrogen and oxygen atoms in total. The van der Waals surface area contributed by atoms with Gasteiger partial charge in [-0.15, -0.1) is 0 Å². The Balaban J connectivity index is 1.42. The summed E-state index contributed by atoms with van der Waals surface area (Å²) in [6, 6.07) is 5.07. The smallest absolute Gasteiger partial charge is 0.410 e. The number of ether oxygens (including phenoxy) is 1. The van der Waals surface area contributed by atoms with E-state index in [1.165, 1.54) is 6.07 Å². The number of hydrogen-bond donors (Lipinski definition) is 2. The Morgan fingerprint density at radius 3 is 2.57 bits per heavy atom. The van der Waals surface area contributed by atoms with Crippen LogP contribution >= 0.6 is 0 Å². The van der Waals surface area contributed by atoms with Crippen LogP contribution in [-0.2, 0) is 21.3 Å². The van der Waals surface area contributed by atoms with Crippen LogP contribution in [0.1, 0.15) is 52.0 Å². The molecule has 3 aromatic rings. The SMILES string of the molecule is Cc1ccc(Nc2ncc3cnn(CC4CCC(N(C)C(=O)OC(C)(C)C)CC4)c3n2)cc1S(N)(=O)=O. The number of aromatic nitrogens is 4. The van der Waals surface area contributed by atoms with E-state index >= 15 is 0 Å². The molecule has 0 saturated heterocycles. The number of primary sulfonamides is 1. The lowest BCUT2D eigenvalue weighted by Gasteiger charge is -2.35. The monoisotopic (exact) mass is 529 g/mol. The van der Waals surface area contributed by atoms with Gasteiger partial charge in [0.2, 0.25) is 16.0 Å². The van der Waals surface area contributed by atoms with E-state index in [1.54, 1.807) is 36.4 Å². The van der Waals surface area contributed by atoms with Crippen molar-refractivity contribution in [1.82, 2.24) is 24.6 Å². The number of nitrogens with zero attached hydrogens (tertiary/aromatic N) is 5. The van der Waals surface area contributed by atoms with Crippen LogP contribution in [0, 0.1) is 12.8 Å². The highest BCUT2D eigenvalue weighted by Crippen LogP contribution is 2.30. The van der Waals surface area contributed by atoms with Gasteiger partial charge >= 0.3 is 6.09 Å². The molecule has 37 heavy (non-hydrogen) atoms. The van der Waals surface area contributed by atoms with Crippen molar-refractivity contribution in [3.63, 3.8) is 0 Å². The van der Waals surface area contributed by atoms with E-state index in [9.17, 15) is 13.2 Å². The minimum atomic E-state index is -3.84. The van der Waals surface area contributed by atoms with Crippen molar-refractivity contribution in [3.05, 3.63) is 36.2 Å². The van der Waals surface area contributed by atoms with Crippen LogP contribution in [0.15, 0.2) is 35.5 Å². The molecule has 1 aliphatic carbocycles. The number of anilines is 2. The molecule has 200 valence electrons. The molecule has 0 spiro atoms. The topological polar surface area (TPSA) is 145 Å². The maximum atomic E-state index is 12.4. The fourth-order valence-electron chi connectivity index (χ4n) is 4.62. The number of hydrogen-bond acceptors (Lipinski definition) is 8. The number of nitrogens with two attached hydrogens (primary N) is 1. The zero-order chi connectivity index (χ0) is 27.0. The first-order valence-electron chi connectivity index (χ1n) is 12.3. The Kier molecular flexibility index (Phi) is 7.43. The van der Waals surface area contributed by atoms with Crippen molar-refractivity contribution in [2.45, 2.75) is 76.5 Å². The van der Waals surface area contributed by atoms with Crippen molar-refractivity contribution in [2.24, 2.45) is 11.1 Å². The molecular formula is C25H35N7O4S. The first kappa shape index (κ1) is 26.8. The Bertz CT molecular complexity index is 1390. The second-order valence-corrected chi connectivity index (χ2v) is 12.2. The average molecular weight is 530 g/mol. The van der Waals surface area contributed by atoms with Gasteiger partial charge in [0.25, 0.3) is 0 Å². The molecule has 1 saturated carbocycles. The fourth-order valence-corrected chi connectivity index (χ4v) is 5.42. The molecule has 1 amide bonds. The summed E-state index contributed by atoms with van der Waals surface area (Å²) >= 11 is 0. The van der Waals surface area contributed by atoms with Crippen molar-refractivity contribution < 1.29 is 17.9 Å². The second kappa shape index (κ2) is 10.3. The summed E-state index contributed by atoms with van der Waals surface area (Å²) in [5, 5.41) is 13.7. The highest BCUT2D eigenvalue weighted by Gasteiger charge is 2.29. The maximum Gasteiger partial charge on any atom is 0.410 e. The standard InChI is InChI=1S/C25H35N7O4S/c1-16-6-9-19(12-21(16)37(26,34)35)29-23-27-13-18-14-28-32(22(18)30-23)15-17-7-10-20(11-8-17)31(5)24(33)36-25(2,3)4/h6,9,12-14,17,20H,7-8,10-11,15H2,1-5H3,(H2,26,34,35)(H,27,29,30). The van der Waals surface area contributed by atoms with E-state index in [0.29, 0.717) is 35.3 Å². The number of nitrogens with one attached hydrogen (secondary N) is 1. The summed E-state index contributed by atoms with van der Waals surface area (Å²) < 4.78 is 31.1. The zero-order valence-electron chi connectivity index (χ0n) is 21.9. The Morgan fingerprint density at radius 2 is 1.92 bits per heavy atom. The van der Waals surface area contributed by atoms with E-state index < -0.39 is 15.6 Å². The maximum absolute atomic E-state index is 12.4. The van der Waals surface area contributed by atoms with Gasteiger partial charge in [-0.2, -0.15) is 10.1 Å². The lowest BCUT2D eigenvalue weighted by molar-refractivity contribution is 0.0169. The van der Waals surface area contributed by atoms with Crippen LogP contribution in [0.25, 0.3) is 11.0 Å². The van der Waals surface area contributed by atoms with Crippen LogP contribution < -0.4 is 10.5 Å². The molecule has 2 heterocycles. The van der Waals surface area contributed by atoms with Gasteiger partial charge in [-0.25, -0.2) is 28.0 Å². The number of carbonyl (C=O) groups excluding carboxylic acids is 1. The van der Waals surface area contributed by atoms with E-state index in [0.717, 1.165) is 31.1 Å². The molecule has 1 fully saturated rings. The van der Waals surface area contributed by atoms with Crippen molar-refractivity contribution >= 4 is 38.8 Å². The average Bonchev–Trinajstić information content (AvgIpc) is 3.20. The number of rotatable bonds is 6. The summed E-state index contributed by atoms with van der Waals surface area (Å²) in [6.45, 7) is 8.02. The van der Waals surface area contributed by atoms with Crippen LogP contribution in [0.5, 0.6) is 0 Å². The zero-order valence-corrected chi connectivity index (χ0v) is 22.7. The fraction of sp³-hybridized carbons (Fsp3) is 0.520. The first-order chi connectivity index (χ1) is 17.3. The highest BCUT2D eigenvalue weighted by molar-refractivity contribution is 7.89. The van der Waals surface area contributed by atoms with E-state index in [2.05, 4.69) is 20.4 Å². The van der Waals surface area contributed by atoms with Crippen molar-refractivity contribution in [2.75, 3.05) is 12.4 Å². The van der Waals surface area contributed by atoms with E-state index in [1.807, 2.05) is 32.5 Å². The molecule has 4 rings (SSSR count). The predicted molar refractivity (Wildman–Crippen MR) is 141 cm³/mol. The van der Waals surface area contributed by atoms with Gasteiger partial charge in [-0.1, -0.05) is 6.07 Å².